The second-order valence-electron chi connectivity index (χ2n) is 7.00. The molecule has 0 amide bonds. The zero-order valence-electron chi connectivity index (χ0n) is 14.9. The number of pyridine rings is 1. The van der Waals surface area contributed by atoms with E-state index >= 15 is 0 Å². The van der Waals surface area contributed by atoms with Crippen LogP contribution < -0.4 is 4.74 Å². The largest absolute Gasteiger partial charge is 0.473 e. The molecule has 0 N–H and O–H groups in total. The first-order valence-electron chi connectivity index (χ1n) is 9.01. The lowest BCUT2D eigenvalue weighted by molar-refractivity contribution is 0.158. The fourth-order valence-corrected chi connectivity index (χ4v) is 3.59. The number of nitrogens with zero attached hydrogens (tertiary/aromatic N) is 2. The van der Waals surface area contributed by atoms with Gasteiger partial charge in [0, 0.05) is 30.6 Å². The molecule has 3 nitrogen and oxygen atoms in total. The fourth-order valence-electron chi connectivity index (χ4n) is 3.59. The van der Waals surface area contributed by atoms with Crippen molar-refractivity contribution in [1.82, 2.24) is 9.88 Å². The average Bonchev–Trinajstić information content (AvgIpc) is 2.77. The highest BCUT2D eigenvalue weighted by Crippen LogP contribution is 2.28. The van der Waals surface area contributed by atoms with Crippen LogP contribution in [0.1, 0.15) is 23.6 Å². The molecular formula is C22H24N2O. The summed E-state index contributed by atoms with van der Waals surface area (Å²) < 4.78 is 6.15. The molecule has 2 aromatic carbocycles. The van der Waals surface area contributed by atoms with E-state index in [2.05, 4.69) is 73.3 Å². The van der Waals surface area contributed by atoms with Crippen molar-refractivity contribution in [3.63, 3.8) is 0 Å². The lowest BCUT2D eigenvalue weighted by atomic mass is 10.1. The second-order valence-corrected chi connectivity index (χ2v) is 7.00. The first kappa shape index (κ1) is 16.1. The maximum atomic E-state index is 6.15. The van der Waals surface area contributed by atoms with Crippen molar-refractivity contribution >= 4 is 10.9 Å². The minimum Gasteiger partial charge on any atom is -0.473 e. The van der Waals surface area contributed by atoms with Crippen LogP contribution in [0.3, 0.4) is 0 Å². The molecule has 1 aromatic heterocycles. The maximum absolute atomic E-state index is 6.15. The van der Waals surface area contributed by atoms with Crippen LogP contribution in [-0.4, -0.2) is 29.1 Å². The molecule has 1 aliphatic rings. The Morgan fingerprint density at radius 1 is 1.12 bits per heavy atom. The molecule has 2 heterocycles. The molecule has 128 valence electrons. The first-order valence-corrected chi connectivity index (χ1v) is 9.01. The quantitative estimate of drug-likeness (QED) is 0.712. The lowest BCUT2D eigenvalue weighted by Gasteiger charge is -2.21. The van der Waals surface area contributed by atoms with E-state index in [1.165, 1.54) is 22.1 Å². The summed E-state index contributed by atoms with van der Waals surface area (Å²) >= 11 is 0. The number of hydrogen-bond donors (Lipinski definition) is 0. The normalized spacial score (nSPS) is 17.8. The number of rotatable bonds is 3. The number of para-hydroxylation sites is 1. The van der Waals surface area contributed by atoms with Crippen LogP contribution in [0.4, 0.5) is 0 Å². The van der Waals surface area contributed by atoms with Gasteiger partial charge in [-0.05, 0) is 37.5 Å². The van der Waals surface area contributed by atoms with E-state index in [1.807, 2.05) is 0 Å². The van der Waals surface area contributed by atoms with Crippen molar-refractivity contribution in [1.29, 1.82) is 0 Å². The molecule has 1 atom stereocenters. The van der Waals surface area contributed by atoms with Crippen LogP contribution in [0.15, 0.2) is 54.6 Å². The van der Waals surface area contributed by atoms with E-state index in [-0.39, 0.29) is 6.10 Å². The Kier molecular flexibility index (Phi) is 4.41. The number of fused-ring (bicyclic) bond motifs is 2. The molecule has 0 bridgehead atoms. The van der Waals surface area contributed by atoms with E-state index in [0.29, 0.717) is 0 Å². The van der Waals surface area contributed by atoms with Gasteiger partial charge in [0.25, 0.3) is 0 Å². The Labute approximate surface area is 149 Å². The van der Waals surface area contributed by atoms with Gasteiger partial charge in [-0.3, -0.25) is 4.90 Å². The molecule has 0 unspecified atom stereocenters. The van der Waals surface area contributed by atoms with Crippen molar-refractivity contribution in [2.45, 2.75) is 32.9 Å². The summed E-state index contributed by atoms with van der Waals surface area (Å²) in [6.07, 6.45) is 1.20. The van der Waals surface area contributed by atoms with Gasteiger partial charge >= 0.3 is 0 Å². The highest BCUT2D eigenvalue weighted by molar-refractivity contribution is 5.83. The molecule has 0 saturated heterocycles. The third kappa shape index (κ3) is 3.52. The lowest BCUT2D eigenvalue weighted by Crippen LogP contribution is -2.32. The monoisotopic (exact) mass is 332 g/mol. The minimum atomic E-state index is 0.144. The van der Waals surface area contributed by atoms with Crippen LogP contribution in [0.5, 0.6) is 5.88 Å². The fraction of sp³-hybridized carbons (Fsp3) is 0.318. The molecule has 0 fully saturated rings. The van der Waals surface area contributed by atoms with Gasteiger partial charge < -0.3 is 4.74 Å². The predicted octanol–water partition coefficient (Wildman–Crippen LogP) is 4.37. The standard InChI is InChI=1S/C22H24N2O/c1-16-7-6-10-19-13-20-15-24(12-11-18-8-4-3-5-9-18)14-17(2)25-22(20)23-21(16)19/h3-10,13,17H,11-12,14-15H2,1-2H3/t17-/m0/s1. The topological polar surface area (TPSA) is 25.4 Å². The van der Waals surface area contributed by atoms with Crippen LogP contribution in [-0.2, 0) is 13.0 Å². The summed E-state index contributed by atoms with van der Waals surface area (Å²) in [7, 11) is 0. The Balaban J connectivity index is 1.60. The molecule has 0 saturated carbocycles. The average molecular weight is 332 g/mol. The maximum Gasteiger partial charge on any atom is 0.218 e. The molecule has 25 heavy (non-hydrogen) atoms. The predicted molar refractivity (Wildman–Crippen MR) is 102 cm³/mol. The summed E-state index contributed by atoms with van der Waals surface area (Å²) in [6.45, 7) is 7.09. The van der Waals surface area contributed by atoms with Crippen LogP contribution >= 0.6 is 0 Å². The zero-order chi connectivity index (χ0) is 17.2. The summed E-state index contributed by atoms with van der Waals surface area (Å²) in [6, 6.07) is 19.3. The van der Waals surface area contributed by atoms with Crippen LogP contribution in [0.2, 0.25) is 0 Å². The third-order valence-corrected chi connectivity index (χ3v) is 4.87. The SMILES string of the molecule is Cc1cccc2cc3c(nc12)O[C@@H](C)CN(CCc1ccccc1)C3. The van der Waals surface area contributed by atoms with Crippen LogP contribution in [0.25, 0.3) is 10.9 Å². The minimum absolute atomic E-state index is 0.144. The van der Waals surface area contributed by atoms with Gasteiger partial charge in [0.1, 0.15) is 6.10 Å². The van der Waals surface area contributed by atoms with Gasteiger partial charge in [-0.25, -0.2) is 4.98 Å². The van der Waals surface area contributed by atoms with Crippen molar-refractivity contribution in [2.24, 2.45) is 0 Å². The van der Waals surface area contributed by atoms with Crippen molar-refractivity contribution in [3.05, 3.63) is 71.3 Å². The van der Waals surface area contributed by atoms with E-state index in [9.17, 15) is 0 Å². The highest BCUT2D eigenvalue weighted by atomic mass is 16.5. The molecule has 0 radical (unpaired) electrons. The first-order chi connectivity index (χ1) is 12.2. The van der Waals surface area contributed by atoms with E-state index in [0.717, 1.165) is 37.5 Å². The Bertz CT molecular complexity index is 876. The molecule has 4 rings (SSSR count). The molecule has 0 aliphatic carbocycles. The van der Waals surface area contributed by atoms with E-state index < -0.39 is 0 Å². The van der Waals surface area contributed by atoms with Gasteiger partial charge in [0.05, 0.1) is 5.52 Å². The second kappa shape index (κ2) is 6.85. The number of aryl methyl sites for hydroxylation is 1. The van der Waals surface area contributed by atoms with Gasteiger partial charge in [0.2, 0.25) is 5.88 Å². The summed E-state index contributed by atoms with van der Waals surface area (Å²) in [5.74, 6) is 0.802. The highest BCUT2D eigenvalue weighted by Gasteiger charge is 2.21. The molecular weight excluding hydrogens is 308 g/mol. The Morgan fingerprint density at radius 2 is 1.96 bits per heavy atom. The van der Waals surface area contributed by atoms with Gasteiger partial charge in [-0.1, -0.05) is 48.5 Å². The Hall–Kier alpha value is -2.39. The van der Waals surface area contributed by atoms with Crippen molar-refractivity contribution in [3.8, 4) is 5.88 Å². The number of benzene rings is 2. The van der Waals surface area contributed by atoms with E-state index in [4.69, 9.17) is 9.72 Å². The smallest absolute Gasteiger partial charge is 0.218 e. The number of ether oxygens (including phenoxy) is 1. The summed E-state index contributed by atoms with van der Waals surface area (Å²) in [5.41, 5.74) is 4.82. The van der Waals surface area contributed by atoms with Crippen molar-refractivity contribution < 1.29 is 4.74 Å². The molecule has 3 heteroatoms. The number of hydrogen-bond acceptors (Lipinski definition) is 3. The molecule has 1 aliphatic heterocycles. The van der Waals surface area contributed by atoms with Crippen LogP contribution in [0, 0.1) is 6.92 Å². The summed E-state index contributed by atoms with van der Waals surface area (Å²) in [4.78, 5) is 7.31. The van der Waals surface area contributed by atoms with Gasteiger partial charge in [0.15, 0.2) is 0 Å². The van der Waals surface area contributed by atoms with Gasteiger partial charge in [-0.2, -0.15) is 0 Å². The molecule has 3 aromatic rings. The Morgan fingerprint density at radius 3 is 2.80 bits per heavy atom. The number of aromatic nitrogens is 1. The zero-order valence-corrected chi connectivity index (χ0v) is 14.9. The molecule has 0 spiro atoms. The summed E-state index contributed by atoms with van der Waals surface area (Å²) in [5, 5.41) is 1.19. The third-order valence-electron chi connectivity index (χ3n) is 4.87. The van der Waals surface area contributed by atoms with E-state index in [1.54, 1.807) is 0 Å². The van der Waals surface area contributed by atoms with Gasteiger partial charge in [-0.15, -0.1) is 0 Å². The van der Waals surface area contributed by atoms with Crippen molar-refractivity contribution in [2.75, 3.05) is 13.1 Å².